The number of likely N-dealkylation sites (tertiary alicyclic amines) is 2. The van der Waals surface area contributed by atoms with Crippen molar-refractivity contribution in [2.24, 2.45) is 18.4 Å². The van der Waals surface area contributed by atoms with Crippen molar-refractivity contribution in [1.82, 2.24) is 29.1 Å². The molecule has 0 spiro atoms. The van der Waals surface area contributed by atoms with Crippen LogP contribution in [0, 0.1) is 11.3 Å². The van der Waals surface area contributed by atoms with Gasteiger partial charge in [0.25, 0.3) is 0 Å². The van der Waals surface area contributed by atoms with Crippen molar-refractivity contribution in [3.05, 3.63) is 66.5 Å². The van der Waals surface area contributed by atoms with Crippen LogP contribution >= 0.6 is 0 Å². The minimum atomic E-state index is -0.0272. The van der Waals surface area contributed by atoms with Gasteiger partial charge in [-0.15, -0.1) is 0 Å². The molecule has 0 bridgehead atoms. The Kier molecular flexibility index (Phi) is 4.73. The molecule has 2 unspecified atom stereocenters. The molecule has 1 N–H and O–H groups in total. The van der Waals surface area contributed by atoms with Gasteiger partial charge < -0.3 is 9.67 Å². The van der Waals surface area contributed by atoms with E-state index in [2.05, 4.69) is 42.8 Å². The lowest BCUT2D eigenvalue weighted by atomic mass is 9.82. The van der Waals surface area contributed by atoms with Crippen LogP contribution in [-0.4, -0.2) is 67.0 Å². The van der Waals surface area contributed by atoms with Crippen LogP contribution in [-0.2, 0) is 20.1 Å². The van der Waals surface area contributed by atoms with E-state index in [0.29, 0.717) is 5.92 Å². The standard InChI is InChI=1S/C22H28N6O/c1-25-8-7-23-21(25)14-27-13-19-12-26(15-22(19,16-27)17-29)10-18-9-24-28(11-18)20-5-3-2-4-6-20/h2-9,11,19,29H,10,12-17H2,1H3. The highest BCUT2D eigenvalue weighted by molar-refractivity contribution is 5.31. The topological polar surface area (TPSA) is 62.4 Å². The molecule has 2 saturated heterocycles. The third-order valence-electron chi connectivity index (χ3n) is 6.56. The quantitative estimate of drug-likeness (QED) is 0.689. The molecule has 3 aromatic rings. The summed E-state index contributed by atoms with van der Waals surface area (Å²) in [6, 6.07) is 10.2. The number of hydrogen-bond acceptors (Lipinski definition) is 5. The summed E-state index contributed by atoms with van der Waals surface area (Å²) in [6.07, 6.45) is 7.92. The van der Waals surface area contributed by atoms with Crippen molar-refractivity contribution in [3.63, 3.8) is 0 Å². The molecule has 7 nitrogen and oxygen atoms in total. The zero-order chi connectivity index (χ0) is 19.8. The second kappa shape index (κ2) is 7.40. The fourth-order valence-corrected chi connectivity index (χ4v) is 5.04. The number of aliphatic hydroxyl groups is 1. The second-order valence-corrected chi connectivity index (χ2v) is 8.64. The molecule has 29 heavy (non-hydrogen) atoms. The summed E-state index contributed by atoms with van der Waals surface area (Å²) in [5.74, 6) is 1.58. The van der Waals surface area contributed by atoms with Crippen molar-refractivity contribution >= 4 is 0 Å². The largest absolute Gasteiger partial charge is 0.396 e. The second-order valence-electron chi connectivity index (χ2n) is 8.64. The van der Waals surface area contributed by atoms with Crippen LogP contribution in [0.2, 0.25) is 0 Å². The zero-order valence-corrected chi connectivity index (χ0v) is 16.9. The van der Waals surface area contributed by atoms with Crippen LogP contribution in [0.25, 0.3) is 5.69 Å². The summed E-state index contributed by atoms with van der Waals surface area (Å²) in [4.78, 5) is 9.39. The molecule has 0 radical (unpaired) electrons. The van der Waals surface area contributed by atoms with E-state index >= 15 is 0 Å². The lowest BCUT2D eigenvalue weighted by Crippen LogP contribution is -2.37. The number of imidazole rings is 1. The highest BCUT2D eigenvalue weighted by Crippen LogP contribution is 2.43. The number of aromatic nitrogens is 4. The Morgan fingerprint density at radius 3 is 2.52 bits per heavy atom. The molecule has 2 fully saturated rings. The Balaban J connectivity index is 1.23. The van der Waals surface area contributed by atoms with Gasteiger partial charge in [0.15, 0.2) is 0 Å². The van der Waals surface area contributed by atoms with Gasteiger partial charge in [-0.2, -0.15) is 5.10 Å². The van der Waals surface area contributed by atoms with Gasteiger partial charge in [-0.05, 0) is 18.1 Å². The van der Waals surface area contributed by atoms with Gasteiger partial charge in [-0.3, -0.25) is 9.80 Å². The van der Waals surface area contributed by atoms with E-state index in [1.165, 1.54) is 5.56 Å². The third kappa shape index (κ3) is 3.50. The maximum Gasteiger partial charge on any atom is 0.122 e. The Hall–Kier alpha value is -2.48. The molecule has 2 aromatic heterocycles. The van der Waals surface area contributed by atoms with Gasteiger partial charge >= 0.3 is 0 Å². The molecule has 2 atom stereocenters. The van der Waals surface area contributed by atoms with Crippen LogP contribution in [0.15, 0.2) is 55.1 Å². The molecule has 7 heteroatoms. The van der Waals surface area contributed by atoms with Gasteiger partial charge in [-0.25, -0.2) is 9.67 Å². The molecule has 4 heterocycles. The zero-order valence-electron chi connectivity index (χ0n) is 16.9. The first-order valence-electron chi connectivity index (χ1n) is 10.3. The lowest BCUT2D eigenvalue weighted by Gasteiger charge is -2.27. The first-order valence-corrected chi connectivity index (χ1v) is 10.3. The van der Waals surface area contributed by atoms with Gasteiger partial charge in [0.1, 0.15) is 5.82 Å². The molecule has 152 valence electrons. The first-order chi connectivity index (χ1) is 14.1. The SMILES string of the molecule is Cn1ccnc1CN1CC2CN(Cc3cnn(-c4ccccc4)c3)CC2(CO)C1. The maximum absolute atomic E-state index is 10.3. The molecule has 0 amide bonds. The minimum absolute atomic E-state index is 0.0272. The Morgan fingerprint density at radius 1 is 1.10 bits per heavy atom. The number of fused-ring (bicyclic) bond motifs is 1. The number of hydrogen-bond donors (Lipinski definition) is 1. The van der Waals surface area contributed by atoms with Crippen LogP contribution in [0.3, 0.4) is 0 Å². The van der Waals surface area contributed by atoms with Crippen LogP contribution < -0.4 is 0 Å². The molecule has 2 aliphatic heterocycles. The molecule has 0 saturated carbocycles. The summed E-state index contributed by atoms with van der Waals surface area (Å²) >= 11 is 0. The summed E-state index contributed by atoms with van der Waals surface area (Å²) in [6.45, 7) is 5.88. The number of para-hydroxylation sites is 1. The summed E-state index contributed by atoms with van der Waals surface area (Å²) < 4.78 is 4.01. The average molecular weight is 393 g/mol. The van der Waals surface area contributed by atoms with Gasteiger partial charge in [0.2, 0.25) is 0 Å². The third-order valence-corrected chi connectivity index (χ3v) is 6.56. The number of rotatable bonds is 6. The van der Waals surface area contributed by atoms with Gasteiger partial charge in [0, 0.05) is 69.3 Å². The van der Waals surface area contributed by atoms with E-state index in [-0.39, 0.29) is 12.0 Å². The summed E-state index contributed by atoms with van der Waals surface area (Å²) in [7, 11) is 2.04. The molecular formula is C22H28N6O. The van der Waals surface area contributed by atoms with E-state index in [9.17, 15) is 5.11 Å². The smallest absolute Gasteiger partial charge is 0.122 e. The molecule has 5 rings (SSSR count). The van der Waals surface area contributed by atoms with E-state index in [4.69, 9.17) is 0 Å². The lowest BCUT2D eigenvalue weighted by molar-refractivity contribution is 0.110. The van der Waals surface area contributed by atoms with E-state index in [1.54, 1.807) is 0 Å². The Morgan fingerprint density at radius 2 is 1.86 bits per heavy atom. The monoisotopic (exact) mass is 392 g/mol. The molecular weight excluding hydrogens is 364 g/mol. The van der Waals surface area contributed by atoms with Crippen molar-refractivity contribution in [1.29, 1.82) is 0 Å². The first kappa shape index (κ1) is 18.5. The van der Waals surface area contributed by atoms with Crippen molar-refractivity contribution in [2.45, 2.75) is 13.1 Å². The van der Waals surface area contributed by atoms with Gasteiger partial charge in [-0.1, -0.05) is 18.2 Å². The highest BCUT2D eigenvalue weighted by atomic mass is 16.3. The molecule has 2 aliphatic rings. The predicted molar refractivity (Wildman–Crippen MR) is 110 cm³/mol. The fraction of sp³-hybridized carbons (Fsp3) is 0.455. The minimum Gasteiger partial charge on any atom is -0.396 e. The molecule has 0 aliphatic carbocycles. The fourth-order valence-electron chi connectivity index (χ4n) is 5.04. The predicted octanol–water partition coefficient (Wildman–Crippen LogP) is 1.53. The Labute approximate surface area is 171 Å². The van der Waals surface area contributed by atoms with Crippen LogP contribution in [0.5, 0.6) is 0 Å². The van der Waals surface area contributed by atoms with Crippen molar-refractivity contribution in [3.8, 4) is 5.69 Å². The number of benzene rings is 1. The normalized spacial score (nSPS) is 25.0. The van der Waals surface area contributed by atoms with Crippen LogP contribution in [0.4, 0.5) is 0 Å². The molecule has 1 aromatic carbocycles. The maximum atomic E-state index is 10.3. The number of nitrogens with zero attached hydrogens (tertiary/aromatic N) is 6. The highest BCUT2D eigenvalue weighted by Gasteiger charge is 2.51. The summed E-state index contributed by atoms with van der Waals surface area (Å²) in [5, 5.41) is 14.8. The van der Waals surface area contributed by atoms with Crippen molar-refractivity contribution < 1.29 is 5.11 Å². The van der Waals surface area contributed by atoms with E-state index in [1.807, 2.05) is 48.5 Å². The number of aliphatic hydroxyl groups excluding tert-OH is 1. The Bertz CT molecular complexity index is 967. The summed E-state index contributed by atoms with van der Waals surface area (Å²) in [5.41, 5.74) is 2.27. The average Bonchev–Trinajstić information content (AvgIpc) is 3.48. The van der Waals surface area contributed by atoms with E-state index in [0.717, 1.165) is 50.8 Å². The van der Waals surface area contributed by atoms with Gasteiger partial charge in [0.05, 0.1) is 25.0 Å². The van der Waals surface area contributed by atoms with E-state index < -0.39 is 0 Å². The van der Waals surface area contributed by atoms with Crippen molar-refractivity contribution in [2.75, 3.05) is 32.8 Å². The number of aryl methyl sites for hydroxylation is 1. The van der Waals surface area contributed by atoms with Crippen LogP contribution in [0.1, 0.15) is 11.4 Å².